The summed E-state index contributed by atoms with van der Waals surface area (Å²) in [6.07, 6.45) is 71.3. The van der Waals surface area contributed by atoms with Crippen LogP contribution in [0.1, 0.15) is 265 Å². The molecular weight excluding hydrogens is 952 g/mol. The van der Waals surface area contributed by atoms with Crippen molar-refractivity contribution < 1.29 is 37.3 Å². The molecule has 3 atom stereocenters. The Bertz CT molecular complexity index is 1560. The Hall–Kier alpha value is -2.81. The van der Waals surface area contributed by atoms with Gasteiger partial charge < -0.3 is 28.5 Å². The summed E-state index contributed by atoms with van der Waals surface area (Å²) in [6.45, 7) is 6.70. The Balaban J connectivity index is 5.41. The van der Waals surface area contributed by atoms with Crippen LogP contribution in [-0.4, -0.2) is 69.4 Å². The van der Waals surface area contributed by atoms with Crippen LogP contribution >= 0.6 is 7.82 Å². The van der Waals surface area contributed by atoms with Crippen LogP contribution < -0.4 is 10.2 Å². The topological polar surface area (TPSA) is 114 Å². The van der Waals surface area contributed by atoms with Crippen molar-refractivity contribution in [2.45, 2.75) is 277 Å². The van der Waals surface area contributed by atoms with Crippen molar-refractivity contribution in [1.82, 2.24) is 5.32 Å². The van der Waals surface area contributed by atoms with E-state index < -0.39 is 32.5 Å². The van der Waals surface area contributed by atoms with Gasteiger partial charge in [-0.25, -0.2) is 0 Å². The number of carbonyl (C=O) groups excluding carboxylic acids is 2. The first kappa shape index (κ1) is 72.2. The van der Waals surface area contributed by atoms with Crippen LogP contribution in [-0.2, 0) is 27.9 Å². The minimum absolute atomic E-state index is 0.0352. The molecule has 0 rings (SSSR count). The second-order valence-corrected chi connectivity index (χ2v) is 23.2. The number of phosphoric ester groups is 1. The fourth-order valence-electron chi connectivity index (χ4n) is 8.61. The highest BCUT2D eigenvalue weighted by Crippen LogP contribution is 2.38. The first-order chi connectivity index (χ1) is 36.4. The Labute approximate surface area is 463 Å². The molecule has 434 valence electrons. The van der Waals surface area contributed by atoms with Crippen molar-refractivity contribution >= 4 is 19.7 Å². The fourth-order valence-corrected chi connectivity index (χ4v) is 9.33. The van der Waals surface area contributed by atoms with Gasteiger partial charge in [0.25, 0.3) is 7.82 Å². The lowest BCUT2D eigenvalue weighted by molar-refractivity contribution is -0.870. The maximum Gasteiger partial charge on any atom is 0.306 e. The molecule has 0 fully saturated rings. The van der Waals surface area contributed by atoms with Gasteiger partial charge in [-0.1, -0.05) is 267 Å². The van der Waals surface area contributed by atoms with Crippen molar-refractivity contribution in [3.63, 3.8) is 0 Å². The summed E-state index contributed by atoms with van der Waals surface area (Å²) < 4.78 is 30.2. The van der Waals surface area contributed by atoms with Gasteiger partial charge in [-0.2, -0.15) is 0 Å². The number of allylic oxidation sites excluding steroid dienone is 13. The summed E-state index contributed by atoms with van der Waals surface area (Å²) in [4.78, 5) is 39.9. The maximum absolute atomic E-state index is 13.5. The van der Waals surface area contributed by atoms with Gasteiger partial charge in [-0.15, -0.1) is 0 Å². The van der Waals surface area contributed by atoms with Crippen LogP contribution in [0.4, 0.5) is 0 Å². The molecular formula is C65H117N2O7P. The van der Waals surface area contributed by atoms with Gasteiger partial charge >= 0.3 is 5.97 Å². The molecule has 1 N–H and O–H groups in total. The zero-order valence-electron chi connectivity index (χ0n) is 49.5. The average molecular weight is 1070 g/mol. The van der Waals surface area contributed by atoms with E-state index in [1.807, 2.05) is 45.4 Å². The molecule has 0 saturated carbocycles. The highest BCUT2D eigenvalue weighted by atomic mass is 31.2. The second kappa shape index (κ2) is 54.5. The molecule has 0 aromatic rings. The summed E-state index contributed by atoms with van der Waals surface area (Å²) in [6, 6.07) is -0.920. The lowest BCUT2D eigenvalue weighted by atomic mass is 10.0. The van der Waals surface area contributed by atoms with Gasteiger partial charge in [-0.05, 0) is 70.3 Å². The van der Waals surface area contributed by atoms with Gasteiger partial charge in [0, 0.05) is 12.8 Å². The molecule has 0 aliphatic heterocycles. The lowest BCUT2D eigenvalue weighted by Crippen LogP contribution is -2.47. The van der Waals surface area contributed by atoms with Gasteiger partial charge in [0.1, 0.15) is 19.3 Å². The first-order valence-corrected chi connectivity index (χ1v) is 32.4. The van der Waals surface area contributed by atoms with Crippen molar-refractivity contribution in [1.29, 1.82) is 0 Å². The van der Waals surface area contributed by atoms with E-state index in [9.17, 15) is 19.0 Å². The Morgan fingerprint density at radius 1 is 0.480 bits per heavy atom. The summed E-state index contributed by atoms with van der Waals surface area (Å²) in [5.41, 5.74) is 0. The maximum atomic E-state index is 13.5. The van der Waals surface area contributed by atoms with Crippen LogP contribution in [0, 0.1) is 0 Å². The van der Waals surface area contributed by atoms with Crippen LogP contribution in [0.25, 0.3) is 0 Å². The molecule has 1 amide bonds. The fraction of sp³-hybridized carbons (Fsp3) is 0.754. The molecule has 0 aliphatic carbocycles. The van der Waals surface area contributed by atoms with Crippen LogP contribution in [0.3, 0.4) is 0 Å². The van der Waals surface area contributed by atoms with E-state index in [1.165, 1.54) is 148 Å². The molecule has 0 aromatic carbocycles. The molecule has 0 saturated heterocycles. The monoisotopic (exact) mass is 1070 g/mol. The molecule has 0 aromatic heterocycles. The largest absolute Gasteiger partial charge is 0.756 e. The van der Waals surface area contributed by atoms with Crippen molar-refractivity contribution in [3.05, 3.63) is 85.1 Å². The number of amides is 1. The summed E-state index contributed by atoms with van der Waals surface area (Å²) >= 11 is 0. The molecule has 9 nitrogen and oxygen atoms in total. The zero-order chi connectivity index (χ0) is 55.0. The standard InChI is InChI=1S/C65H117N2O7P/c1-7-10-13-16-19-22-25-28-30-32-33-35-37-40-43-46-49-52-55-58-65(69)74-63(56-53-50-47-44-41-38-27-24-21-18-15-12-9-3)62(61-73-75(70,71)72-60-59-67(4,5)6)66-64(68)57-54-51-48-45-42-39-36-34-31-29-26-23-20-17-14-11-8-2/h10,13,19,22,28,30,33,35,40,43,49,52-53,56,62-63H,7-9,11-12,14-18,20-21,23-27,29,31-32,34,36-39,41-42,44-48,50-51,54-55,57-61H2,1-6H3,(H-,66,68,70,71)/b13-10-,22-19-,30-28-,35-33-,43-40-,52-49-,56-53+. The third-order valence-corrected chi connectivity index (χ3v) is 14.3. The molecule has 0 aliphatic rings. The van der Waals surface area contributed by atoms with Crippen molar-refractivity contribution in [2.24, 2.45) is 0 Å². The van der Waals surface area contributed by atoms with Crippen molar-refractivity contribution in [2.75, 3.05) is 40.9 Å². The molecule has 10 heteroatoms. The number of likely N-dealkylation sites (N-methyl/N-ethyl adjacent to an activating group) is 1. The average Bonchev–Trinajstić information content (AvgIpc) is 3.37. The Kier molecular flexibility index (Phi) is 52.5. The third kappa shape index (κ3) is 55.7. The van der Waals surface area contributed by atoms with Crippen LogP contribution in [0.2, 0.25) is 0 Å². The van der Waals surface area contributed by atoms with Gasteiger partial charge in [0.15, 0.2) is 0 Å². The SMILES string of the molecule is CC/C=C\C/C=C\C/C=C\C/C=C\C/C=C\C/C=C\CCC(=O)OC(/C=C/CCCCCCCCCCCCC)C(COP(=O)([O-])OCC[N+](C)(C)C)NC(=O)CCCCCCCCCCCCCCCCCCC. The quantitative estimate of drug-likeness (QED) is 0.0212. The van der Waals surface area contributed by atoms with Crippen LogP contribution in [0.5, 0.6) is 0 Å². The molecule has 75 heavy (non-hydrogen) atoms. The van der Waals surface area contributed by atoms with Crippen molar-refractivity contribution in [3.8, 4) is 0 Å². The van der Waals surface area contributed by atoms with E-state index in [4.69, 9.17) is 13.8 Å². The third-order valence-electron chi connectivity index (χ3n) is 13.4. The highest BCUT2D eigenvalue weighted by molar-refractivity contribution is 7.45. The smallest absolute Gasteiger partial charge is 0.306 e. The molecule has 0 spiro atoms. The number of ether oxygens (including phenoxy) is 1. The number of phosphoric acid groups is 1. The molecule has 0 bridgehead atoms. The number of nitrogens with one attached hydrogen (secondary N) is 1. The van der Waals surface area contributed by atoms with E-state index in [-0.39, 0.29) is 18.9 Å². The van der Waals surface area contributed by atoms with Gasteiger partial charge in [0.05, 0.1) is 33.8 Å². The van der Waals surface area contributed by atoms with Gasteiger partial charge in [0.2, 0.25) is 5.91 Å². The molecule has 0 heterocycles. The number of rotatable bonds is 55. The number of quaternary nitrogens is 1. The first-order valence-electron chi connectivity index (χ1n) is 30.9. The summed E-state index contributed by atoms with van der Waals surface area (Å²) in [5, 5.41) is 3.01. The predicted octanol–water partition coefficient (Wildman–Crippen LogP) is 18.4. The minimum atomic E-state index is -4.72. The highest BCUT2D eigenvalue weighted by Gasteiger charge is 2.27. The van der Waals surface area contributed by atoms with E-state index in [0.717, 1.165) is 77.0 Å². The number of hydrogen-bond donors (Lipinski definition) is 1. The van der Waals surface area contributed by atoms with E-state index >= 15 is 0 Å². The van der Waals surface area contributed by atoms with Crippen LogP contribution in [0.15, 0.2) is 85.1 Å². The number of hydrogen-bond acceptors (Lipinski definition) is 7. The molecule has 3 unspecified atom stereocenters. The zero-order valence-corrected chi connectivity index (χ0v) is 50.4. The molecule has 0 radical (unpaired) electrons. The number of esters is 1. The Morgan fingerprint density at radius 2 is 0.867 bits per heavy atom. The van der Waals surface area contributed by atoms with E-state index in [2.05, 4.69) is 86.8 Å². The van der Waals surface area contributed by atoms with E-state index in [0.29, 0.717) is 23.9 Å². The van der Waals surface area contributed by atoms with E-state index in [1.54, 1.807) is 0 Å². The minimum Gasteiger partial charge on any atom is -0.756 e. The lowest BCUT2D eigenvalue weighted by Gasteiger charge is -2.30. The Morgan fingerprint density at radius 3 is 1.28 bits per heavy atom. The van der Waals surface area contributed by atoms with Gasteiger partial charge in [-0.3, -0.25) is 14.2 Å². The second-order valence-electron chi connectivity index (χ2n) is 21.8. The number of nitrogens with zero attached hydrogens (tertiary/aromatic N) is 1. The number of unbranched alkanes of at least 4 members (excludes halogenated alkanes) is 27. The number of carbonyl (C=O) groups is 2. The normalized spacial score (nSPS) is 14.3. The predicted molar refractivity (Wildman–Crippen MR) is 321 cm³/mol. The summed E-state index contributed by atoms with van der Waals surface area (Å²) in [7, 11) is 1.14. The summed E-state index contributed by atoms with van der Waals surface area (Å²) in [5.74, 6) is -0.634.